The Morgan fingerprint density at radius 2 is 0.719 bits per heavy atom. The standard InChI is InChI=1S/C62H39NS/c1-2-18-40(19-3-1)61(51-28-10-4-20-43(51)44-21-5-11-29-52(44)61)41-36-38-42(39-37-41)63(57-34-17-27-50-48-25-9-15-35-58(48)64-60(50)57)56-33-16-26-49-47-24-8-14-32-55(47)62(59(49)56)53-30-12-6-22-45(53)46-23-7-13-31-54(46)62/h1-39H. The monoisotopic (exact) mass is 829 g/mol. The average Bonchev–Trinajstić information content (AvgIpc) is 4.08. The van der Waals surface area contributed by atoms with Gasteiger partial charge in [0.15, 0.2) is 0 Å². The highest BCUT2D eigenvalue weighted by atomic mass is 32.1. The molecule has 2 heteroatoms. The Bertz CT molecular complexity index is 3580. The van der Waals surface area contributed by atoms with Crippen molar-refractivity contribution in [2.45, 2.75) is 10.8 Å². The Labute approximate surface area is 376 Å². The van der Waals surface area contributed by atoms with Crippen molar-refractivity contribution in [2.24, 2.45) is 0 Å². The zero-order valence-corrected chi connectivity index (χ0v) is 35.7. The van der Waals surface area contributed by atoms with Gasteiger partial charge in [0.25, 0.3) is 0 Å². The highest BCUT2D eigenvalue weighted by molar-refractivity contribution is 7.26. The molecule has 1 heterocycles. The van der Waals surface area contributed by atoms with E-state index in [9.17, 15) is 0 Å². The second-order valence-corrected chi connectivity index (χ2v) is 18.5. The fourth-order valence-corrected chi connectivity index (χ4v) is 13.4. The van der Waals surface area contributed by atoms with E-state index in [2.05, 4.69) is 241 Å². The smallest absolute Gasteiger partial charge is 0.0746 e. The first-order valence-electron chi connectivity index (χ1n) is 22.3. The quantitative estimate of drug-likeness (QED) is 0.167. The lowest BCUT2D eigenvalue weighted by atomic mass is 9.67. The van der Waals surface area contributed by atoms with Gasteiger partial charge in [-0.1, -0.05) is 206 Å². The fourth-order valence-electron chi connectivity index (χ4n) is 12.2. The number of benzene rings is 10. The molecule has 1 nitrogen and oxygen atoms in total. The molecule has 0 fully saturated rings. The SMILES string of the molecule is c1ccc(C2(c3ccc(N(c4cccc5c4C4(c6ccccc6-c6ccccc64)c4ccccc4-5)c4cccc5c4sc4ccccc45)cc3)c3ccccc3-c3ccccc32)cc1. The van der Waals surface area contributed by atoms with E-state index < -0.39 is 10.8 Å². The second-order valence-electron chi connectivity index (χ2n) is 17.4. The minimum Gasteiger partial charge on any atom is -0.309 e. The maximum atomic E-state index is 2.59. The summed E-state index contributed by atoms with van der Waals surface area (Å²) in [5.74, 6) is 0. The minimum absolute atomic E-state index is 0.486. The molecular weight excluding hydrogens is 791 g/mol. The summed E-state index contributed by atoms with van der Waals surface area (Å²) in [4.78, 5) is 2.59. The first kappa shape index (κ1) is 35.8. The van der Waals surface area contributed by atoms with Crippen molar-refractivity contribution in [3.8, 4) is 33.4 Å². The van der Waals surface area contributed by atoms with Gasteiger partial charge in [-0.3, -0.25) is 0 Å². The van der Waals surface area contributed by atoms with Gasteiger partial charge < -0.3 is 4.90 Å². The number of thiophene rings is 1. The third-order valence-electron chi connectivity index (χ3n) is 14.6. The fraction of sp³-hybridized carbons (Fsp3) is 0.0323. The topological polar surface area (TPSA) is 3.24 Å². The zero-order valence-electron chi connectivity index (χ0n) is 34.9. The van der Waals surface area contributed by atoms with Crippen LogP contribution in [0.4, 0.5) is 17.1 Å². The van der Waals surface area contributed by atoms with Gasteiger partial charge in [0.05, 0.1) is 26.9 Å². The van der Waals surface area contributed by atoms with Crippen molar-refractivity contribution in [3.05, 3.63) is 281 Å². The highest BCUT2D eigenvalue weighted by Gasteiger charge is 2.53. The van der Waals surface area contributed by atoms with Gasteiger partial charge in [0.2, 0.25) is 0 Å². The maximum absolute atomic E-state index is 2.59. The molecule has 0 amide bonds. The maximum Gasteiger partial charge on any atom is 0.0746 e. The molecule has 0 aliphatic heterocycles. The first-order chi connectivity index (χ1) is 31.8. The molecule has 3 aliphatic rings. The van der Waals surface area contributed by atoms with E-state index in [0.717, 1.165) is 5.69 Å². The Balaban J connectivity index is 1.07. The number of fused-ring (bicyclic) bond motifs is 16. The molecule has 0 saturated carbocycles. The van der Waals surface area contributed by atoms with Crippen LogP contribution >= 0.6 is 11.3 Å². The van der Waals surface area contributed by atoms with Crippen LogP contribution in [-0.2, 0) is 10.8 Å². The molecule has 1 spiro atoms. The summed E-state index contributed by atoms with van der Waals surface area (Å²) >= 11 is 1.89. The van der Waals surface area contributed by atoms with Crippen LogP contribution in [0.25, 0.3) is 53.6 Å². The van der Waals surface area contributed by atoms with Gasteiger partial charge in [-0.25, -0.2) is 0 Å². The molecule has 298 valence electrons. The van der Waals surface area contributed by atoms with Crippen LogP contribution in [0, 0.1) is 0 Å². The predicted molar refractivity (Wildman–Crippen MR) is 268 cm³/mol. The van der Waals surface area contributed by atoms with Gasteiger partial charge in [0.1, 0.15) is 0 Å². The van der Waals surface area contributed by atoms with Gasteiger partial charge >= 0.3 is 0 Å². The molecule has 0 N–H and O–H groups in total. The van der Waals surface area contributed by atoms with Crippen LogP contribution in [0.3, 0.4) is 0 Å². The molecule has 11 aromatic rings. The molecule has 0 atom stereocenters. The van der Waals surface area contributed by atoms with Crippen LogP contribution in [0.2, 0.25) is 0 Å². The molecule has 1 aromatic heterocycles. The summed E-state index contributed by atoms with van der Waals surface area (Å²) in [6.45, 7) is 0. The molecular formula is C62H39NS. The van der Waals surface area contributed by atoms with Gasteiger partial charge in [-0.2, -0.15) is 0 Å². The van der Waals surface area contributed by atoms with E-state index >= 15 is 0 Å². The molecule has 0 unspecified atom stereocenters. The number of rotatable bonds is 5. The molecule has 0 radical (unpaired) electrons. The third-order valence-corrected chi connectivity index (χ3v) is 15.8. The van der Waals surface area contributed by atoms with Gasteiger partial charge in [-0.15, -0.1) is 11.3 Å². The lowest BCUT2D eigenvalue weighted by molar-refractivity contribution is 0.768. The summed E-state index contributed by atoms with van der Waals surface area (Å²) in [5, 5.41) is 2.58. The Kier molecular flexibility index (Phi) is 7.47. The summed E-state index contributed by atoms with van der Waals surface area (Å²) in [6, 6.07) is 88.9. The van der Waals surface area contributed by atoms with Crippen molar-refractivity contribution in [2.75, 3.05) is 4.90 Å². The van der Waals surface area contributed by atoms with E-state index in [0.29, 0.717) is 0 Å². The van der Waals surface area contributed by atoms with Crippen LogP contribution in [-0.4, -0.2) is 0 Å². The average molecular weight is 830 g/mol. The first-order valence-corrected chi connectivity index (χ1v) is 23.1. The lowest BCUT2D eigenvalue weighted by Gasteiger charge is -2.36. The number of hydrogen-bond acceptors (Lipinski definition) is 2. The van der Waals surface area contributed by atoms with Crippen LogP contribution in [0.15, 0.2) is 237 Å². The minimum atomic E-state index is -0.517. The largest absolute Gasteiger partial charge is 0.309 e. The van der Waals surface area contributed by atoms with Crippen molar-refractivity contribution in [1.29, 1.82) is 0 Å². The van der Waals surface area contributed by atoms with E-state index in [4.69, 9.17) is 0 Å². The van der Waals surface area contributed by atoms with Crippen LogP contribution < -0.4 is 4.90 Å². The third kappa shape index (κ3) is 4.53. The summed E-state index contributed by atoms with van der Waals surface area (Å²) in [6.07, 6.45) is 0. The van der Waals surface area contributed by atoms with Crippen LogP contribution in [0.1, 0.15) is 44.5 Å². The number of hydrogen-bond donors (Lipinski definition) is 0. The van der Waals surface area contributed by atoms with Gasteiger partial charge in [0, 0.05) is 26.7 Å². The lowest BCUT2D eigenvalue weighted by Crippen LogP contribution is -2.29. The summed E-state index contributed by atoms with van der Waals surface area (Å²) in [5.41, 5.74) is 20.8. The summed E-state index contributed by atoms with van der Waals surface area (Å²) in [7, 11) is 0. The van der Waals surface area contributed by atoms with E-state index in [1.807, 2.05) is 11.3 Å². The number of nitrogens with zero attached hydrogens (tertiary/aromatic N) is 1. The molecule has 64 heavy (non-hydrogen) atoms. The Morgan fingerprint density at radius 3 is 1.31 bits per heavy atom. The van der Waals surface area contributed by atoms with Crippen molar-refractivity contribution in [3.63, 3.8) is 0 Å². The molecule has 0 saturated heterocycles. The van der Waals surface area contributed by atoms with Gasteiger partial charge in [-0.05, 0) is 103 Å². The summed E-state index contributed by atoms with van der Waals surface area (Å²) < 4.78 is 2.57. The predicted octanol–water partition coefficient (Wildman–Crippen LogP) is 16.2. The van der Waals surface area contributed by atoms with E-state index in [-0.39, 0.29) is 0 Å². The normalized spacial score (nSPS) is 14.2. The zero-order chi connectivity index (χ0) is 42.0. The molecule has 3 aliphatic carbocycles. The molecule has 14 rings (SSSR count). The van der Waals surface area contributed by atoms with Crippen molar-refractivity contribution >= 4 is 48.6 Å². The second kappa shape index (κ2) is 13.4. The van der Waals surface area contributed by atoms with Crippen molar-refractivity contribution in [1.82, 2.24) is 0 Å². The van der Waals surface area contributed by atoms with E-state index in [1.165, 1.54) is 109 Å². The highest BCUT2D eigenvalue weighted by Crippen LogP contribution is 2.66. The molecule has 10 aromatic carbocycles. The molecule has 0 bridgehead atoms. The van der Waals surface area contributed by atoms with E-state index in [1.54, 1.807) is 0 Å². The van der Waals surface area contributed by atoms with Crippen LogP contribution in [0.5, 0.6) is 0 Å². The number of anilines is 3. The Hall–Kier alpha value is -7.78. The van der Waals surface area contributed by atoms with Crippen molar-refractivity contribution < 1.29 is 0 Å². The Morgan fingerprint density at radius 1 is 0.297 bits per heavy atom.